The Hall–Kier alpha value is -3.92. The highest BCUT2D eigenvalue weighted by Gasteiger charge is 2.38. The van der Waals surface area contributed by atoms with Crippen LogP contribution >= 0.6 is 0 Å². The van der Waals surface area contributed by atoms with Gasteiger partial charge in [0.25, 0.3) is 15.9 Å². The minimum Gasteiger partial charge on any atom is -0.502 e. The SMILES string of the molecule is O=C(NCC1(c2ccccc2)CCC1)c1ccc(NS(=O)(=O)c2ccc(O)c([N+](=O)[O-])c2)cc1. The van der Waals surface area contributed by atoms with Gasteiger partial charge in [0.05, 0.1) is 9.82 Å². The second-order valence-corrected chi connectivity index (χ2v) is 9.96. The van der Waals surface area contributed by atoms with E-state index in [4.69, 9.17) is 0 Å². The van der Waals surface area contributed by atoms with E-state index in [1.165, 1.54) is 29.8 Å². The normalized spacial score (nSPS) is 14.6. The monoisotopic (exact) mass is 481 g/mol. The number of phenolic OH excluding ortho intramolecular Hbond substituents is 1. The Kier molecular flexibility index (Phi) is 6.25. The summed E-state index contributed by atoms with van der Waals surface area (Å²) in [6, 6.07) is 18.8. The zero-order valence-corrected chi connectivity index (χ0v) is 18.9. The van der Waals surface area contributed by atoms with Gasteiger partial charge in [0.1, 0.15) is 0 Å². The molecule has 1 aliphatic carbocycles. The van der Waals surface area contributed by atoms with E-state index in [1.54, 1.807) is 0 Å². The van der Waals surface area contributed by atoms with Crippen molar-refractivity contribution in [2.24, 2.45) is 0 Å². The molecule has 0 aliphatic heterocycles. The molecule has 0 bridgehead atoms. The summed E-state index contributed by atoms with van der Waals surface area (Å²) in [6.07, 6.45) is 3.13. The first kappa shape index (κ1) is 23.2. The number of sulfonamides is 1. The molecule has 0 heterocycles. The lowest BCUT2D eigenvalue weighted by atomic mass is 9.64. The fourth-order valence-electron chi connectivity index (χ4n) is 4.03. The molecule has 9 nitrogen and oxygen atoms in total. The molecule has 1 amide bonds. The summed E-state index contributed by atoms with van der Waals surface area (Å²) in [5, 5.41) is 23.5. The second-order valence-electron chi connectivity index (χ2n) is 8.27. The maximum Gasteiger partial charge on any atom is 0.312 e. The second kappa shape index (κ2) is 9.14. The number of rotatable bonds is 8. The van der Waals surface area contributed by atoms with Crippen LogP contribution in [0.5, 0.6) is 5.75 Å². The van der Waals surface area contributed by atoms with Gasteiger partial charge in [0.15, 0.2) is 5.75 Å². The molecule has 3 aromatic rings. The molecule has 0 radical (unpaired) electrons. The minimum atomic E-state index is -4.14. The van der Waals surface area contributed by atoms with Gasteiger partial charge in [-0.05, 0) is 54.8 Å². The van der Waals surface area contributed by atoms with Gasteiger partial charge in [-0.3, -0.25) is 19.6 Å². The summed E-state index contributed by atoms with van der Waals surface area (Å²) >= 11 is 0. The fourth-order valence-corrected chi connectivity index (χ4v) is 5.11. The maximum absolute atomic E-state index is 12.7. The third-order valence-corrected chi connectivity index (χ3v) is 7.52. The number of carbonyl (C=O) groups excluding carboxylic acids is 1. The summed E-state index contributed by atoms with van der Waals surface area (Å²) in [5.41, 5.74) is 1.01. The van der Waals surface area contributed by atoms with Crippen LogP contribution in [0.3, 0.4) is 0 Å². The number of nitrogens with zero attached hydrogens (tertiary/aromatic N) is 1. The Balaban J connectivity index is 1.42. The van der Waals surface area contributed by atoms with Crippen LogP contribution in [0.2, 0.25) is 0 Å². The predicted molar refractivity (Wildman–Crippen MR) is 126 cm³/mol. The highest BCUT2D eigenvalue weighted by Crippen LogP contribution is 2.43. The summed E-state index contributed by atoms with van der Waals surface area (Å²) in [4.78, 5) is 22.4. The van der Waals surface area contributed by atoms with Crippen molar-refractivity contribution < 1.29 is 23.2 Å². The van der Waals surface area contributed by atoms with Crippen LogP contribution < -0.4 is 10.0 Å². The van der Waals surface area contributed by atoms with E-state index in [0.29, 0.717) is 12.1 Å². The Morgan fingerprint density at radius 3 is 2.29 bits per heavy atom. The molecule has 0 atom stereocenters. The van der Waals surface area contributed by atoms with Crippen molar-refractivity contribution >= 4 is 27.3 Å². The third-order valence-electron chi connectivity index (χ3n) is 6.14. The molecular weight excluding hydrogens is 458 g/mol. The summed E-state index contributed by atoms with van der Waals surface area (Å²) < 4.78 is 27.5. The molecule has 3 aromatic carbocycles. The zero-order valence-electron chi connectivity index (χ0n) is 18.1. The highest BCUT2D eigenvalue weighted by atomic mass is 32.2. The van der Waals surface area contributed by atoms with Gasteiger partial charge in [-0.1, -0.05) is 36.8 Å². The van der Waals surface area contributed by atoms with Crippen molar-refractivity contribution in [3.05, 3.63) is 94.0 Å². The van der Waals surface area contributed by atoms with Crippen LogP contribution in [-0.2, 0) is 15.4 Å². The van der Waals surface area contributed by atoms with E-state index < -0.39 is 26.4 Å². The van der Waals surface area contributed by atoms with Gasteiger partial charge in [-0.2, -0.15) is 0 Å². The molecule has 34 heavy (non-hydrogen) atoms. The van der Waals surface area contributed by atoms with Crippen LogP contribution in [0.25, 0.3) is 0 Å². The smallest absolute Gasteiger partial charge is 0.312 e. The number of nitro benzene ring substituents is 1. The van der Waals surface area contributed by atoms with Crippen molar-refractivity contribution in [2.75, 3.05) is 11.3 Å². The molecule has 3 N–H and O–H groups in total. The first-order valence-corrected chi connectivity index (χ1v) is 12.1. The third kappa shape index (κ3) is 4.72. The van der Waals surface area contributed by atoms with Gasteiger partial charge in [0.2, 0.25) is 0 Å². The number of hydrogen-bond acceptors (Lipinski definition) is 6. The Morgan fingerprint density at radius 2 is 1.71 bits per heavy atom. The van der Waals surface area contributed by atoms with Gasteiger partial charge in [-0.15, -0.1) is 0 Å². The van der Waals surface area contributed by atoms with E-state index in [2.05, 4.69) is 22.2 Å². The molecule has 0 aromatic heterocycles. The Morgan fingerprint density at radius 1 is 1.03 bits per heavy atom. The molecule has 176 valence electrons. The first-order valence-electron chi connectivity index (χ1n) is 10.6. The molecule has 1 saturated carbocycles. The molecule has 1 fully saturated rings. The quantitative estimate of drug-likeness (QED) is 0.329. The lowest BCUT2D eigenvalue weighted by Crippen LogP contribution is -2.45. The van der Waals surface area contributed by atoms with Gasteiger partial charge >= 0.3 is 5.69 Å². The van der Waals surface area contributed by atoms with Crippen LogP contribution in [0.4, 0.5) is 11.4 Å². The van der Waals surface area contributed by atoms with Crippen LogP contribution in [0.1, 0.15) is 35.2 Å². The maximum atomic E-state index is 12.7. The Bertz CT molecular complexity index is 1320. The standard InChI is InChI=1S/C24H23N3O6S/c28-22-12-11-20(15-21(22)27(30)31)34(32,33)26-19-9-7-17(8-10-19)23(29)25-16-24(13-4-14-24)18-5-2-1-3-6-18/h1-3,5-12,15,26,28H,4,13-14,16H2,(H,25,29). The minimum absolute atomic E-state index is 0.0563. The van der Waals surface area contributed by atoms with Crippen molar-refractivity contribution in [1.29, 1.82) is 0 Å². The number of hydrogen-bond donors (Lipinski definition) is 3. The molecular formula is C24H23N3O6S. The summed E-state index contributed by atoms with van der Waals surface area (Å²) in [5.74, 6) is -0.888. The molecule has 4 rings (SSSR count). The van der Waals surface area contributed by atoms with E-state index in [-0.39, 0.29) is 21.9 Å². The first-order chi connectivity index (χ1) is 16.2. The predicted octanol–water partition coefficient (Wildman–Crippen LogP) is 3.95. The zero-order chi connectivity index (χ0) is 24.3. The molecule has 0 spiro atoms. The van der Waals surface area contributed by atoms with Crippen molar-refractivity contribution in [1.82, 2.24) is 5.32 Å². The number of amides is 1. The van der Waals surface area contributed by atoms with E-state index in [9.17, 15) is 28.4 Å². The highest BCUT2D eigenvalue weighted by molar-refractivity contribution is 7.92. The number of benzene rings is 3. The summed E-state index contributed by atoms with van der Waals surface area (Å²) in [6.45, 7) is 0.518. The molecule has 10 heteroatoms. The van der Waals surface area contributed by atoms with Crippen molar-refractivity contribution in [3.8, 4) is 5.75 Å². The van der Waals surface area contributed by atoms with E-state index in [1.807, 2.05) is 18.2 Å². The number of anilines is 1. The molecule has 0 saturated heterocycles. The fraction of sp³-hybridized carbons (Fsp3) is 0.208. The number of nitrogens with one attached hydrogen (secondary N) is 2. The lowest BCUT2D eigenvalue weighted by molar-refractivity contribution is -0.386. The van der Waals surface area contributed by atoms with E-state index >= 15 is 0 Å². The number of carbonyl (C=O) groups is 1. The van der Waals surface area contributed by atoms with Crippen LogP contribution in [0, 0.1) is 10.1 Å². The molecule has 1 aliphatic rings. The Labute approximate surface area is 196 Å². The average Bonchev–Trinajstić information content (AvgIpc) is 2.79. The lowest BCUT2D eigenvalue weighted by Gasteiger charge is -2.42. The van der Waals surface area contributed by atoms with Crippen molar-refractivity contribution in [2.45, 2.75) is 29.6 Å². The average molecular weight is 482 g/mol. The van der Waals surface area contributed by atoms with Crippen molar-refractivity contribution in [3.63, 3.8) is 0 Å². The van der Waals surface area contributed by atoms with Crippen LogP contribution in [-0.4, -0.2) is 30.9 Å². The van der Waals surface area contributed by atoms with Crippen LogP contribution in [0.15, 0.2) is 77.7 Å². The topological polar surface area (TPSA) is 139 Å². The van der Waals surface area contributed by atoms with Gasteiger partial charge in [-0.25, -0.2) is 8.42 Å². The largest absolute Gasteiger partial charge is 0.502 e. The number of nitro groups is 1. The van der Waals surface area contributed by atoms with Gasteiger partial charge < -0.3 is 10.4 Å². The molecule has 0 unspecified atom stereocenters. The number of aromatic hydroxyl groups is 1. The van der Waals surface area contributed by atoms with E-state index in [0.717, 1.165) is 37.5 Å². The number of phenols is 1. The van der Waals surface area contributed by atoms with Gasteiger partial charge in [0, 0.05) is 29.3 Å². The summed E-state index contributed by atoms with van der Waals surface area (Å²) in [7, 11) is -4.14.